The van der Waals surface area contributed by atoms with E-state index in [1.165, 1.54) is 11.3 Å². The number of hydrogen-bond acceptors (Lipinski definition) is 3. The van der Waals surface area contributed by atoms with Crippen LogP contribution in [0.4, 0.5) is 5.69 Å². The second kappa shape index (κ2) is 4.54. The number of hydrogen-bond donors (Lipinski definition) is 0. The van der Waals surface area contributed by atoms with Gasteiger partial charge in [-0.1, -0.05) is 0 Å². The summed E-state index contributed by atoms with van der Waals surface area (Å²) in [5.41, 5.74) is 2.61. The molecule has 2 aliphatic heterocycles. The van der Waals surface area contributed by atoms with Gasteiger partial charge >= 0.3 is 0 Å². The summed E-state index contributed by atoms with van der Waals surface area (Å²) in [5, 5.41) is 0.308. The third-order valence-corrected chi connectivity index (χ3v) is 4.62. The smallest absolute Gasteiger partial charge is 0.162 e. The predicted molar refractivity (Wildman–Crippen MR) is 73.2 cm³/mol. The van der Waals surface area contributed by atoms with Gasteiger partial charge in [0.05, 0.1) is 14.2 Å². The van der Waals surface area contributed by atoms with Gasteiger partial charge in [0.1, 0.15) is 0 Å². The monoisotopic (exact) mass is 267 g/mol. The van der Waals surface area contributed by atoms with Crippen LogP contribution in [0.1, 0.15) is 12.0 Å². The molecule has 0 saturated carbocycles. The number of alkyl halides is 1. The molecule has 18 heavy (non-hydrogen) atoms. The van der Waals surface area contributed by atoms with Crippen LogP contribution < -0.4 is 14.4 Å². The molecule has 2 bridgehead atoms. The van der Waals surface area contributed by atoms with Crippen molar-refractivity contribution in [3.05, 3.63) is 17.7 Å². The van der Waals surface area contributed by atoms with Crippen molar-refractivity contribution >= 4 is 17.3 Å². The lowest BCUT2D eigenvalue weighted by molar-refractivity contribution is 0.351. The Morgan fingerprint density at radius 2 is 1.94 bits per heavy atom. The molecule has 98 valence electrons. The molecular formula is C14H18ClNO2. The molecule has 3 nitrogen and oxygen atoms in total. The van der Waals surface area contributed by atoms with Crippen LogP contribution in [0.15, 0.2) is 12.1 Å². The lowest BCUT2D eigenvalue weighted by atomic mass is 9.85. The van der Waals surface area contributed by atoms with Crippen molar-refractivity contribution in [1.82, 2.24) is 0 Å². The average molecular weight is 268 g/mol. The van der Waals surface area contributed by atoms with Crippen molar-refractivity contribution in [2.45, 2.75) is 18.2 Å². The third-order valence-electron chi connectivity index (χ3n) is 4.05. The Hall–Kier alpha value is -1.09. The molecule has 1 fully saturated rings. The van der Waals surface area contributed by atoms with Gasteiger partial charge < -0.3 is 14.4 Å². The first-order valence-corrected chi connectivity index (χ1v) is 6.80. The van der Waals surface area contributed by atoms with Crippen molar-refractivity contribution in [3.8, 4) is 11.5 Å². The van der Waals surface area contributed by atoms with Gasteiger partial charge in [0.15, 0.2) is 11.5 Å². The fourth-order valence-corrected chi connectivity index (χ4v) is 3.33. The van der Waals surface area contributed by atoms with Crippen molar-refractivity contribution < 1.29 is 9.47 Å². The minimum Gasteiger partial charge on any atom is -0.493 e. The van der Waals surface area contributed by atoms with Crippen LogP contribution in [-0.4, -0.2) is 32.7 Å². The second-order valence-corrected chi connectivity index (χ2v) is 5.61. The summed E-state index contributed by atoms with van der Waals surface area (Å²) in [4.78, 5) is 2.42. The molecule has 2 aliphatic rings. The Morgan fingerprint density at radius 1 is 1.22 bits per heavy atom. The fraction of sp³-hybridized carbons (Fsp3) is 0.571. The quantitative estimate of drug-likeness (QED) is 0.769. The molecule has 2 atom stereocenters. The van der Waals surface area contributed by atoms with Crippen LogP contribution in [0.25, 0.3) is 0 Å². The van der Waals surface area contributed by atoms with Crippen molar-refractivity contribution in [2.75, 3.05) is 32.2 Å². The molecular weight excluding hydrogens is 250 g/mol. The van der Waals surface area contributed by atoms with Gasteiger partial charge in [-0.05, 0) is 30.4 Å². The summed E-state index contributed by atoms with van der Waals surface area (Å²) in [6.07, 6.45) is 2.11. The standard InChI is InChI=1S/C14H18ClNO2/c1-17-13-6-9-5-10-8-16(4-3-11(10)15)12(9)7-14(13)18-2/h6-7,10-11H,3-5,8H2,1-2H3/t10-,11-/m0/s1. The molecule has 4 heteroatoms. The number of fused-ring (bicyclic) bond motifs is 4. The molecule has 2 heterocycles. The van der Waals surface area contributed by atoms with E-state index in [0.29, 0.717) is 11.3 Å². The van der Waals surface area contributed by atoms with E-state index in [4.69, 9.17) is 21.1 Å². The number of methoxy groups -OCH3 is 2. The molecule has 0 amide bonds. The Bertz CT molecular complexity index is 463. The lowest BCUT2D eigenvalue weighted by Crippen LogP contribution is -2.45. The van der Waals surface area contributed by atoms with E-state index in [9.17, 15) is 0 Å². The van der Waals surface area contributed by atoms with Crippen molar-refractivity contribution in [1.29, 1.82) is 0 Å². The first-order valence-electron chi connectivity index (χ1n) is 6.37. The van der Waals surface area contributed by atoms with Crippen LogP contribution in [0.2, 0.25) is 0 Å². The summed E-state index contributed by atoms with van der Waals surface area (Å²) in [7, 11) is 3.36. The number of ether oxygens (including phenoxy) is 2. The average Bonchev–Trinajstić information content (AvgIpc) is 2.41. The van der Waals surface area contributed by atoms with Crippen LogP contribution in [0.5, 0.6) is 11.5 Å². The third kappa shape index (κ3) is 1.81. The molecule has 0 radical (unpaired) electrons. The van der Waals surface area contributed by atoms with E-state index in [-0.39, 0.29) is 0 Å². The fourth-order valence-electron chi connectivity index (χ4n) is 3.07. The van der Waals surface area contributed by atoms with Crippen molar-refractivity contribution in [2.24, 2.45) is 5.92 Å². The molecule has 1 aromatic rings. The van der Waals surface area contributed by atoms with Crippen LogP contribution in [0.3, 0.4) is 0 Å². The maximum absolute atomic E-state index is 6.40. The Morgan fingerprint density at radius 3 is 2.67 bits per heavy atom. The van der Waals surface area contributed by atoms with Gasteiger partial charge in [-0.2, -0.15) is 0 Å². The van der Waals surface area contributed by atoms with E-state index < -0.39 is 0 Å². The zero-order valence-corrected chi connectivity index (χ0v) is 11.5. The van der Waals surface area contributed by atoms with E-state index in [2.05, 4.69) is 17.0 Å². The highest BCUT2D eigenvalue weighted by Crippen LogP contribution is 2.42. The number of rotatable bonds is 2. The zero-order chi connectivity index (χ0) is 12.7. The Labute approximate surface area is 113 Å². The SMILES string of the molecule is COc1cc2c(cc1OC)N1CC[C@H](Cl)[C@@H](C2)C1. The summed E-state index contributed by atoms with van der Waals surface area (Å²) >= 11 is 6.40. The van der Waals surface area contributed by atoms with E-state index in [1.54, 1.807) is 14.2 Å². The normalized spacial score (nSPS) is 25.6. The van der Waals surface area contributed by atoms with Crippen LogP contribution >= 0.6 is 11.6 Å². The topological polar surface area (TPSA) is 21.7 Å². The number of piperidine rings is 1. The molecule has 0 N–H and O–H groups in total. The first kappa shape index (κ1) is 12.0. The Balaban J connectivity index is 2.04. The van der Waals surface area contributed by atoms with Gasteiger partial charge in [-0.3, -0.25) is 0 Å². The Kier molecular flexibility index (Phi) is 3.02. The summed E-state index contributed by atoms with van der Waals surface area (Å²) < 4.78 is 10.8. The number of benzene rings is 1. The maximum atomic E-state index is 6.40. The second-order valence-electron chi connectivity index (χ2n) is 5.05. The molecule has 1 saturated heterocycles. The predicted octanol–water partition coefficient (Wildman–Crippen LogP) is 2.69. The van der Waals surface area contributed by atoms with Gasteiger partial charge in [-0.15, -0.1) is 11.6 Å². The number of nitrogens with zero attached hydrogens (tertiary/aromatic N) is 1. The first-order chi connectivity index (χ1) is 8.72. The number of anilines is 1. The van der Waals surface area contributed by atoms with Gasteiger partial charge in [-0.25, -0.2) is 0 Å². The van der Waals surface area contributed by atoms with Gasteiger partial charge in [0.25, 0.3) is 0 Å². The highest BCUT2D eigenvalue weighted by atomic mass is 35.5. The highest BCUT2D eigenvalue weighted by molar-refractivity contribution is 6.21. The molecule has 1 aromatic carbocycles. The van der Waals surface area contributed by atoms with Crippen LogP contribution in [0, 0.1) is 5.92 Å². The van der Waals surface area contributed by atoms with Gasteiger partial charge in [0, 0.05) is 30.2 Å². The van der Waals surface area contributed by atoms with E-state index in [1.807, 2.05) is 0 Å². The highest BCUT2D eigenvalue weighted by Gasteiger charge is 2.34. The molecule has 3 rings (SSSR count). The summed E-state index contributed by atoms with van der Waals surface area (Å²) in [6.45, 7) is 2.10. The van der Waals surface area contributed by atoms with E-state index >= 15 is 0 Å². The summed E-state index contributed by atoms with van der Waals surface area (Å²) in [5.74, 6) is 2.18. The zero-order valence-electron chi connectivity index (χ0n) is 10.8. The maximum Gasteiger partial charge on any atom is 0.162 e. The van der Waals surface area contributed by atoms with Crippen LogP contribution in [-0.2, 0) is 6.42 Å². The largest absolute Gasteiger partial charge is 0.493 e. The minimum absolute atomic E-state index is 0.308. The molecule has 0 unspecified atom stereocenters. The molecule has 0 aromatic heterocycles. The minimum atomic E-state index is 0.308. The molecule has 0 aliphatic carbocycles. The lowest BCUT2D eigenvalue weighted by Gasteiger charge is -2.43. The van der Waals surface area contributed by atoms with E-state index in [0.717, 1.165) is 37.4 Å². The van der Waals surface area contributed by atoms with Crippen molar-refractivity contribution in [3.63, 3.8) is 0 Å². The summed E-state index contributed by atoms with van der Waals surface area (Å²) in [6, 6.07) is 4.20. The number of halogens is 1. The van der Waals surface area contributed by atoms with Gasteiger partial charge in [0.2, 0.25) is 0 Å². The molecule has 0 spiro atoms.